The van der Waals surface area contributed by atoms with E-state index in [9.17, 15) is 9.59 Å². The predicted molar refractivity (Wildman–Crippen MR) is 125 cm³/mol. The molecule has 0 unspecified atom stereocenters. The van der Waals surface area contributed by atoms with Crippen LogP contribution in [0.4, 0.5) is 0 Å². The van der Waals surface area contributed by atoms with Gasteiger partial charge in [-0.2, -0.15) is 0 Å². The normalized spacial score (nSPS) is 21.2. The fourth-order valence-electron chi connectivity index (χ4n) is 5.08. The second kappa shape index (κ2) is 8.89. The average molecular weight is 462 g/mol. The van der Waals surface area contributed by atoms with E-state index in [2.05, 4.69) is 5.32 Å². The van der Waals surface area contributed by atoms with Crippen molar-refractivity contribution in [3.8, 4) is 17.2 Å². The largest absolute Gasteiger partial charge is 0.497 e. The molecule has 0 amide bonds. The molecule has 0 spiro atoms. The van der Waals surface area contributed by atoms with Crippen molar-refractivity contribution in [3.63, 3.8) is 0 Å². The number of carbonyl (C=O) groups excluding carboxylic acids is 2. The van der Waals surface area contributed by atoms with Crippen molar-refractivity contribution in [1.29, 1.82) is 0 Å². The summed E-state index contributed by atoms with van der Waals surface area (Å²) in [5.41, 5.74) is 4.46. The van der Waals surface area contributed by atoms with Crippen molar-refractivity contribution < 1.29 is 28.5 Å². The Hall–Kier alpha value is -3.74. The SMILES string of the molecule is CCOC(=O)C1=C(C)NC2=C(C(=O)C[C@@H](c3cccc(OC)c3)C2)[C@@H]1c1ccc2c(c1)OCO2. The predicted octanol–water partition coefficient (Wildman–Crippen LogP) is 4.35. The fourth-order valence-corrected chi connectivity index (χ4v) is 5.08. The molecule has 7 heteroatoms. The highest BCUT2D eigenvalue weighted by atomic mass is 16.7. The van der Waals surface area contributed by atoms with E-state index in [4.69, 9.17) is 18.9 Å². The van der Waals surface area contributed by atoms with Gasteiger partial charge in [0.15, 0.2) is 17.3 Å². The molecule has 0 saturated heterocycles. The van der Waals surface area contributed by atoms with Crippen molar-refractivity contribution in [3.05, 3.63) is 76.1 Å². The molecule has 3 aliphatic rings. The van der Waals surface area contributed by atoms with Crippen LogP contribution in [0.3, 0.4) is 0 Å². The molecule has 2 atom stereocenters. The van der Waals surface area contributed by atoms with Crippen molar-refractivity contribution in [2.75, 3.05) is 20.5 Å². The molecule has 34 heavy (non-hydrogen) atoms. The Morgan fingerprint density at radius 1 is 1.09 bits per heavy atom. The van der Waals surface area contributed by atoms with Crippen molar-refractivity contribution >= 4 is 11.8 Å². The molecule has 2 aromatic rings. The van der Waals surface area contributed by atoms with E-state index in [-0.39, 0.29) is 25.1 Å². The number of rotatable bonds is 5. The summed E-state index contributed by atoms with van der Waals surface area (Å²) in [7, 11) is 1.63. The number of carbonyl (C=O) groups is 2. The maximum absolute atomic E-state index is 13.7. The van der Waals surface area contributed by atoms with Crippen LogP contribution in [0.1, 0.15) is 49.7 Å². The number of benzene rings is 2. The molecule has 2 aliphatic heterocycles. The number of fused-ring (bicyclic) bond motifs is 1. The zero-order chi connectivity index (χ0) is 23.8. The molecule has 1 N–H and O–H groups in total. The second-order valence-corrected chi connectivity index (χ2v) is 8.63. The van der Waals surface area contributed by atoms with Gasteiger partial charge in [0.1, 0.15) is 5.75 Å². The van der Waals surface area contributed by atoms with Gasteiger partial charge in [-0.25, -0.2) is 4.79 Å². The third-order valence-corrected chi connectivity index (χ3v) is 6.62. The highest BCUT2D eigenvalue weighted by Crippen LogP contribution is 2.47. The number of methoxy groups -OCH3 is 1. The zero-order valence-corrected chi connectivity index (χ0v) is 19.5. The Bertz CT molecular complexity index is 1230. The molecule has 5 rings (SSSR count). The lowest BCUT2D eigenvalue weighted by atomic mass is 9.71. The Morgan fingerprint density at radius 3 is 2.71 bits per heavy atom. The molecule has 0 aromatic heterocycles. The van der Waals surface area contributed by atoms with Gasteiger partial charge in [-0.05, 0) is 61.6 Å². The molecule has 0 fully saturated rings. The minimum Gasteiger partial charge on any atom is -0.497 e. The van der Waals surface area contributed by atoms with Crippen LogP contribution in [0.25, 0.3) is 0 Å². The molecule has 0 bridgehead atoms. The van der Waals surface area contributed by atoms with Crippen molar-refractivity contribution in [1.82, 2.24) is 5.32 Å². The molecule has 7 nitrogen and oxygen atoms in total. The number of ether oxygens (including phenoxy) is 4. The van der Waals surface area contributed by atoms with E-state index in [1.165, 1.54) is 0 Å². The highest BCUT2D eigenvalue weighted by molar-refractivity contribution is 6.04. The molecule has 0 saturated carbocycles. The van der Waals surface area contributed by atoms with Gasteiger partial charge in [-0.15, -0.1) is 0 Å². The number of hydrogen-bond donors (Lipinski definition) is 1. The summed E-state index contributed by atoms with van der Waals surface area (Å²) in [5.74, 6) is 1.09. The molecule has 0 radical (unpaired) electrons. The van der Waals surface area contributed by atoms with Gasteiger partial charge in [-0.3, -0.25) is 4.79 Å². The first-order valence-corrected chi connectivity index (χ1v) is 11.4. The summed E-state index contributed by atoms with van der Waals surface area (Å²) in [4.78, 5) is 26.7. The lowest BCUT2D eigenvalue weighted by Gasteiger charge is -2.36. The molecular formula is C27H27NO6. The Kier molecular flexibility index (Phi) is 5.77. The van der Waals surface area contributed by atoms with Gasteiger partial charge < -0.3 is 24.3 Å². The summed E-state index contributed by atoms with van der Waals surface area (Å²) in [6, 6.07) is 13.4. The molecule has 1 aliphatic carbocycles. The number of esters is 1. The number of Topliss-reactive ketones (excluding diaryl/α,β-unsaturated/α-hetero) is 1. The van der Waals surface area contributed by atoms with Crippen LogP contribution >= 0.6 is 0 Å². The number of hydrogen-bond acceptors (Lipinski definition) is 7. The zero-order valence-electron chi connectivity index (χ0n) is 19.5. The monoisotopic (exact) mass is 461 g/mol. The van der Waals surface area contributed by atoms with Crippen molar-refractivity contribution in [2.45, 2.75) is 38.5 Å². The summed E-state index contributed by atoms with van der Waals surface area (Å²) >= 11 is 0. The number of ketones is 1. The van der Waals surface area contributed by atoms with E-state index in [0.717, 1.165) is 22.6 Å². The quantitative estimate of drug-likeness (QED) is 0.663. The van der Waals surface area contributed by atoms with Crippen LogP contribution in [0, 0.1) is 0 Å². The molecule has 2 aromatic carbocycles. The minimum atomic E-state index is -0.538. The number of dihydropyridines is 1. The van der Waals surface area contributed by atoms with Crippen LogP contribution < -0.4 is 19.5 Å². The van der Waals surface area contributed by atoms with Gasteiger partial charge in [0.2, 0.25) is 6.79 Å². The van der Waals surface area contributed by atoms with E-state index in [1.807, 2.05) is 49.4 Å². The van der Waals surface area contributed by atoms with E-state index in [1.54, 1.807) is 14.0 Å². The van der Waals surface area contributed by atoms with Crippen LogP contribution in [0.2, 0.25) is 0 Å². The van der Waals surface area contributed by atoms with Crippen molar-refractivity contribution in [2.24, 2.45) is 0 Å². The van der Waals surface area contributed by atoms with Crippen LogP contribution in [0.5, 0.6) is 17.2 Å². The number of allylic oxidation sites excluding steroid dienone is 3. The summed E-state index contributed by atoms with van der Waals surface area (Å²) in [5, 5.41) is 3.37. The fraction of sp³-hybridized carbons (Fsp3) is 0.333. The highest BCUT2D eigenvalue weighted by Gasteiger charge is 2.41. The number of nitrogens with one attached hydrogen (secondary N) is 1. The smallest absolute Gasteiger partial charge is 0.336 e. The molecule has 2 heterocycles. The van der Waals surface area contributed by atoms with Gasteiger partial charge >= 0.3 is 5.97 Å². The Morgan fingerprint density at radius 2 is 1.91 bits per heavy atom. The van der Waals surface area contributed by atoms with Crippen LogP contribution in [0.15, 0.2) is 65.0 Å². The minimum absolute atomic E-state index is 0.0125. The Labute approximate surface area is 198 Å². The van der Waals surface area contributed by atoms with Gasteiger partial charge in [0, 0.05) is 29.3 Å². The standard InChI is InChI=1S/C27H27NO6/c1-4-32-27(30)24-15(2)28-20-11-18(16-6-5-7-19(10-16)31-3)12-21(29)26(20)25(24)17-8-9-22-23(13-17)34-14-33-22/h5-10,13,18,25,28H,4,11-12,14H2,1-3H3/t18-,25+/m0/s1. The first-order valence-electron chi connectivity index (χ1n) is 11.4. The summed E-state index contributed by atoms with van der Waals surface area (Å²) < 4.78 is 21.8. The van der Waals surface area contributed by atoms with Gasteiger partial charge in [0.25, 0.3) is 0 Å². The Balaban J connectivity index is 1.58. The second-order valence-electron chi connectivity index (χ2n) is 8.63. The maximum Gasteiger partial charge on any atom is 0.336 e. The summed E-state index contributed by atoms with van der Waals surface area (Å²) in [6.45, 7) is 4.03. The molecular weight excluding hydrogens is 434 g/mol. The van der Waals surface area contributed by atoms with Gasteiger partial charge in [0.05, 0.1) is 19.3 Å². The van der Waals surface area contributed by atoms with Crippen LogP contribution in [-0.2, 0) is 14.3 Å². The van der Waals surface area contributed by atoms with E-state index in [0.29, 0.717) is 41.2 Å². The maximum atomic E-state index is 13.7. The van der Waals surface area contributed by atoms with Crippen LogP contribution in [-0.4, -0.2) is 32.3 Å². The van der Waals surface area contributed by atoms with E-state index >= 15 is 0 Å². The first kappa shape index (κ1) is 22.1. The lowest BCUT2D eigenvalue weighted by molar-refractivity contribution is -0.138. The third kappa shape index (κ3) is 3.81. The topological polar surface area (TPSA) is 83.1 Å². The third-order valence-electron chi connectivity index (χ3n) is 6.62. The van der Waals surface area contributed by atoms with E-state index < -0.39 is 11.9 Å². The summed E-state index contributed by atoms with van der Waals surface area (Å²) in [6.07, 6.45) is 1.01. The average Bonchev–Trinajstić information content (AvgIpc) is 3.31. The lowest BCUT2D eigenvalue weighted by Crippen LogP contribution is -2.36. The van der Waals surface area contributed by atoms with Gasteiger partial charge in [-0.1, -0.05) is 18.2 Å². The molecule has 176 valence electrons. The first-order chi connectivity index (χ1) is 16.5.